The minimum absolute atomic E-state index is 0.0449. The lowest BCUT2D eigenvalue weighted by atomic mass is 9.96. The topological polar surface area (TPSA) is 62.2 Å². The standard InChI is InChI=1S/C32H34ClN5OS/c1-19-12-13-20(2)27(17-19)35-29(39)14-16-37-31(30(36-32(37)40)26-10-6-7-15-34-26)24-18-21(3)38(23(24)5)28-11-8-9-25(33)22(28)4/h6-13,15,17-18,30-31H,14,16H2,1-5H3,(H,35,39)(H,36,40). The van der Waals surface area contributed by atoms with Gasteiger partial charge in [-0.25, -0.2) is 0 Å². The number of nitrogens with zero attached hydrogens (tertiary/aromatic N) is 3. The Labute approximate surface area is 246 Å². The number of halogens is 1. The number of anilines is 1. The molecule has 1 fully saturated rings. The van der Waals surface area contributed by atoms with E-state index in [4.69, 9.17) is 23.8 Å². The summed E-state index contributed by atoms with van der Waals surface area (Å²) in [5.41, 5.74) is 9.30. The van der Waals surface area contributed by atoms with E-state index in [-0.39, 0.29) is 18.0 Å². The fourth-order valence-electron chi connectivity index (χ4n) is 5.59. The van der Waals surface area contributed by atoms with E-state index in [2.05, 4.69) is 51.1 Å². The maximum atomic E-state index is 13.1. The third-order valence-electron chi connectivity index (χ3n) is 7.71. The molecule has 206 valence electrons. The summed E-state index contributed by atoms with van der Waals surface area (Å²) in [6.45, 7) is 10.8. The molecule has 0 aliphatic carbocycles. The van der Waals surface area contributed by atoms with Crippen molar-refractivity contribution in [3.05, 3.63) is 111 Å². The minimum Gasteiger partial charge on any atom is -0.352 e. The van der Waals surface area contributed by atoms with Crippen LogP contribution >= 0.6 is 23.8 Å². The second-order valence-corrected chi connectivity index (χ2v) is 11.3. The number of carbonyl (C=O) groups excluding carboxylic acids is 1. The molecule has 2 aromatic heterocycles. The first-order chi connectivity index (χ1) is 19.2. The second kappa shape index (κ2) is 11.4. The quantitative estimate of drug-likeness (QED) is 0.232. The van der Waals surface area contributed by atoms with E-state index >= 15 is 0 Å². The Kier molecular flexibility index (Phi) is 7.97. The Morgan fingerprint density at radius 2 is 1.85 bits per heavy atom. The van der Waals surface area contributed by atoms with Gasteiger partial charge in [0.1, 0.15) is 0 Å². The van der Waals surface area contributed by atoms with Gasteiger partial charge in [0.15, 0.2) is 5.11 Å². The van der Waals surface area contributed by atoms with Crippen molar-refractivity contribution in [2.45, 2.75) is 53.1 Å². The zero-order valence-corrected chi connectivity index (χ0v) is 25.0. The molecular weight excluding hydrogens is 538 g/mol. The molecule has 1 amide bonds. The van der Waals surface area contributed by atoms with Crippen LogP contribution in [0.15, 0.2) is 66.9 Å². The number of carbonyl (C=O) groups is 1. The Hall–Kier alpha value is -3.68. The molecule has 0 radical (unpaired) electrons. The molecule has 1 aliphatic heterocycles. The highest BCUT2D eigenvalue weighted by Crippen LogP contribution is 2.42. The molecule has 0 saturated carbocycles. The molecule has 4 aromatic rings. The molecule has 1 aliphatic rings. The Bertz CT molecular complexity index is 1580. The molecule has 2 aromatic carbocycles. The first kappa shape index (κ1) is 27.9. The summed E-state index contributed by atoms with van der Waals surface area (Å²) in [5, 5.41) is 7.94. The number of nitrogens with one attached hydrogen (secondary N) is 2. The number of hydrogen-bond donors (Lipinski definition) is 2. The number of pyridine rings is 1. The van der Waals surface area contributed by atoms with E-state index < -0.39 is 0 Å². The average Bonchev–Trinajstić information content (AvgIpc) is 3.41. The van der Waals surface area contributed by atoms with Crippen LogP contribution in [0, 0.1) is 34.6 Å². The van der Waals surface area contributed by atoms with E-state index in [1.54, 1.807) is 6.20 Å². The summed E-state index contributed by atoms with van der Waals surface area (Å²) >= 11 is 12.4. The molecule has 0 spiro atoms. The number of aryl methyl sites for hydroxylation is 3. The van der Waals surface area contributed by atoms with Crippen molar-refractivity contribution in [1.82, 2.24) is 19.8 Å². The molecule has 5 rings (SSSR count). The second-order valence-electron chi connectivity index (χ2n) is 10.5. The van der Waals surface area contributed by atoms with E-state index in [0.717, 1.165) is 55.7 Å². The zero-order valence-electron chi connectivity index (χ0n) is 23.5. The summed E-state index contributed by atoms with van der Waals surface area (Å²) in [7, 11) is 0. The average molecular weight is 572 g/mol. The summed E-state index contributed by atoms with van der Waals surface area (Å²) in [5.74, 6) is -0.0449. The third kappa shape index (κ3) is 5.36. The predicted octanol–water partition coefficient (Wildman–Crippen LogP) is 7.07. The van der Waals surface area contributed by atoms with Gasteiger partial charge in [-0.3, -0.25) is 9.78 Å². The van der Waals surface area contributed by atoms with Crippen LogP contribution in [0.3, 0.4) is 0 Å². The molecule has 2 N–H and O–H groups in total. The predicted molar refractivity (Wildman–Crippen MR) is 166 cm³/mol. The Morgan fingerprint density at radius 1 is 1.05 bits per heavy atom. The van der Waals surface area contributed by atoms with Gasteiger partial charge in [0.25, 0.3) is 0 Å². The summed E-state index contributed by atoms with van der Waals surface area (Å²) in [6, 6.07) is 19.9. The molecule has 1 saturated heterocycles. The van der Waals surface area contributed by atoms with Crippen molar-refractivity contribution >= 4 is 40.5 Å². The molecule has 0 bridgehead atoms. The third-order valence-corrected chi connectivity index (χ3v) is 8.48. The number of hydrogen-bond acceptors (Lipinski definition) is 3. The molecule has 2 atom stereocenters. The van der Waals surface area contributed by atoms with Crippen molar-refractivity contribution in [3.8, 4) is 5.69 Å². The van der Waals surface area contributed by atoms with Gasteiger partial charge in [-0.05, 0) is 105 Å². The van der Waals surface area contributed by atoms with Crippen molar-refractivity contribution in [2.24, 2.45) is 0 Å². The lowest BCUT2D eigenvalue weighted by Crippen LogP contribution is -2.33. The molecule has 40 heavy (non-hydrogen) atoms. The van der Waals surface area contributed by atoms with E-state index in [1.165, 1.54) is 0 Å². The SMILES string of the molecule is Cc1ccc(C)c(NC(=O)CCN2C(=S)NC(c3ccccn3)C2c2cc(C)n(-c3cccc(Cl)c3C)c2C)c1. The van der Waals surface area contributed by atoms with Gasteiger partial charge >= 0.3 is 0 Å². The smallest absolute Gasteiger partial charge is 0.226 e. The first-order valence-electron chi connectivity index (χ1n) is 13.4. The fraction of sp³-hybridized carbons (Fsp3) is 0.281. The Morgan fingerprint density at radius 3 is 2.60 bits per heavy atom. The lowest BCUT2D eigenvalue weighted by Gasteiger charge is -2.28. The first-order valence-corrected chi connectivity index (χ1v) is 14.2. The number of rotatable bonds is 7. The number of thiocarbonyl (C=S) groups is 1. The van der Waals surface area contributed by atoms with Gasteiger partial charge in [0.05, 0.1) is 17.8 Å². The number of benzene rings is 2. The monoisotopic (exact) mass is 571 g/mol. The normalized spacial score (nSPS) is 16.8. The molecule has 2 unspecified atom stereocenters. The van der Waals surface area contributed by atoms with Gasteiger partial charge in [0, 0.05) is 46.9 Å². The van der Waals surface area contributed by atoms with Crippen LogP contribution in [0.25, 0.3) is 5.69 Å². The van der Waals surface area contributed by atoms with Gasteiger partial charge < -0.3 is 20.1 Å². The van der Waals surface area contributed by atoms with Gasteiger partial charge in [0.2, 0.25) is 5.91 Å². The summed E-state index contributed by atoms with van der Waals surface area (Å²) in [6.07, 6.45) is 2.10. The van der Waals surface area contributed by atoms with Crippen molar-refractivity contribution in [3.63, 3.8) is 0 Å². The highest BCUT2D eigenvalue weighted by molar-refractivity contribution is 7.80. The van der Waals surface area contributed by atoms with Crippen LogP contribution in [0.2, 0.25) is 5.02 Å². The highest BCUT2D eigenvalue weighted by Gasteiger charge is 2.41. The molecule has 6 nitrogen and oxygen atoms in total. The van der Waals surface area contributed by atoms with Crippen LogP contribution < -0.4 is 10.6 Å². The Balaban J connectivity index is 1.49. The molecule has 3 heterocycles. The molecule has 8 heteroatoms. The maximum Gasteiger partial charge on any atom is 0.226 e. The van der Waals surface area contributed by atoms with Crippen LogP contribution in [-0.4, -0.2) is 32.0 Å². The van der Waals surface area contributed by atoms with Crippen molar-refractivity contribution in [1.29, 1.82) is 0 Å². The van der Waals surface area contributed by atoms with Crippen LogP contribution in [0.5, 0.6) is 0 Å². The van der Waals surface area contributed by atoms with Crippen LogP contribution in [0.4, 0.5) is 5.69 Å². The van der Waals surface area contributed by atoms with E-state index in [0.29, 0.717) is 18.1 Å². The highest BCUT2D eigenvalue weighted by atomic mass is 35.5. The maximum absolute atomic E-state index is 13.1. The zero-order chi connectivity index (χ0) is 28.6. The van der Waals surface area contributed by atoms with Crippen molar-refractivity contribution < 1.29 is 4.79 Å². The van der Waals surface area contributed by atoms with E-state index in [9.17, 15) is 4.79 Å². The van der Waals surface area contributed by atoms with E-state index in [1.807, 2.05) is 69.3 Å². The van der Waals surface area contributed by atoms with Gasteiger partial charge in [-0.1, -0.05) is 35.9 Å². The van der Waals surface area contributed by atoms with Crippen LogP contribution in [-0.2, 0) is 4.79 Å². The summed E-state index contributed by atoms with van der Waals surface area (Å²) < 4.78 is 2.25. The lowest BCUT2D eigenvalue weighted by molar-refractivity contribution is -0.116. The van der Waals surface area contributed by atoms with Gasteiger partial charge in [-0.2, -0.15) is 0 Å². The fourth-order valence-corrected chi connectivity index (χ4v) is 6.09. The van der Waals surface area contributed by atoms with Gasteiger partial charge in [-0.15, -0.1) is 0 Å². The number of aromatic nitrogens is 2. The molecular formula is C32H34ClN5OS. The summed E-state index contributed by atoms with van der Waals surface area (Å²) in [4.78, 5) is 19.9. The number of amides is 1. The van der Waals surface area contributed by atoms with Crippen LogP contribution in [0.1, 0.15) is 57.8 Å². The minimum atomic E-state index is -0.162. The largest absolute Gasteiger partial charge is 0.352 e. The van der Waals surface area contributed by atoms with Crippen molar-refractivity contribution in [2.75, 3.05) is 11.9 Å².